The van der Waals surface area contributed by atoms with E-state index in [1.165, 1.54) is 18.2 Å². The smallest absolute Gasteiger partial charge is 0.293 e. The van der Waals surface area contributed by atoms with Crippen LogP contribution < -0.4 is 5.32 Å². The Morgan fingerprint density at radius 1 is 1.22 bits per heavy atom. The van der Waals surface area contributed by atoms with Crippen LogP contribution in [-0.2, 0) is 16.0 Å². The predicted molar refractivity (Wildman–Crippen MR) is 105 cm³/mol. The average Bonchev–Trinajstić information content (AvgIpc) is 3.25. The largest absolute Gasteiger partial charge is 0.354 e. The number of nitrogens with one attached hydrogen (secondary N) is 1. The third-order valence-corrected chi connectivity index (χ3v) is 5.58. The first-order valence-corrected chi connectivity index (χ1v) is 10.1. The molecule has 1 saturated heterocycles. The third kappa shape index (κ3) is 5.05. The Hall–Kier alpha value is -2.45. The summed E-state index contributed by atoms with van der Waals surface area (Å²) in [5.74, 6) is -1.06. The van der Waals surface area contributed by atoms with Gasteiger partial charge in [-0.15, -0.1) is 0 Å². The molecule has 0 unspecified atom stereocenters. The van der Waals surface area contributed by atoms with Gasteiger partial charge in [0.25, 0.3) is 11.1 Å². The Balaban J connectivity index is 1.50. The van der Waals surface area contributed by atoms with E-state index < -0.39 is 17.0 Å². The summed E-state index contributed by atoms with van der Waals surface area (Å²) < 4.78 is 13.7. The molecule has 0 saturated carbocycles. The summed E-state index contributed by atoms with van der Waals surface area (Å²) in [6.07, 6.45) is 2.38. The van der Waals surface area contributed by atoms with E-state index in [-0.39, 0.29) is 29.5 Å². The van der Waals surface area contributed by atoms with Crippen LogP contribution in [0, 0.1) is 5.82 Å². The lowest BCUT2D eigenvalue weighted by Crippen LogP contribution is -2.37. The van der Waals surface area contributed by atoms with Gasteiger partial charge in [-0.3, -0.25) is 19.3 Å². The molecule has 1 aliphatic rings. The molecular weight excluding hydrogens is 387 g/mol. The molecule has 3 amide bonds. The number of nitrogens with zero attached hydrogens (tertiary/aromatic N) is 1. The molecule has 0 spiro atoms. The number of benzene rings is 1. The summed E-state index contributed by atoms with van der Waals surface area (Å²) in [5, 5.41) is 6.25. The van der Waals surface area contributed by atoms with Crippen LogP contribution >= 0.6 is 23.1 Å². The fraction of sp³-hybridized carbons (Fsp3) is 0.211. The Bertz CT molecular complexity index is 881. The molecule has 0 radical (unpaired) electrons. The van der Waals surface area contributed by atoms with Gasteiger partial charge in [0.05, 0.1) is 4.91 Å². The van der Waals surface area contributed by atoms with Crippen molar-refractivity contribution in [2.75, 3.05) is 13.1 Å². The molecule has 0 aliphatic carbocycles. The van der Waals surface area contributed by atoms with Gasteiger partial charge in [0.2, 0.25) is 5.91 Å². The first-order valence-electron chi connectivity index (χ1n) is 8.32. The van der Waals surface area contributed by atoms with Crippen molar-refractivity contribution >= 4 is 46.2 Å². The van der Waals surface area contributed by atoms with Gasteiger partial charge in [0.15, 0.2) is 0 Å². The van der Waals surface area contributed by atoms with Gasteiger partial charge >= 0.3 is 0 Å². The number of rotatable bonds is 7. The molecule has 0 atom stereocenters. The summed E-state index contributed by atoms with van der Waals surface area (Å²) in [6.45, 7) is 0.275. The molecule has 1 aromatic heterocycles. The molecule has 27 heavy (non-hydrogen) atoms. The van der Waals surface area contributed by atoms with Crippen LogP contribution in [-0.4, -0.2) is 35.0 Å². The van der Waals surface area contributed by atoms with Crippen LogP contribution in [0.15, 0.2) is 46.0 Å². The number of halogens is 1. The topological polar surface area (TPSA) is 66.5 Å². The number of carbonyl (C=O) groups excluding carboxylic acids is 3. The normalized spacial score (nSPS) is 15.6. The molecule has 1 aromatic carbocycles. The maximum absolute atomic E-state index is 13.7. The number of thiophene rings is 1. The summed E-state index contributed by atoms with van der Waals surface area (Å²) in [6, 6.07) is 8.02. The summed E-state index contributed by atoms with van der Waals surface area (Å²) >= 11 is 2.36. The summed E-state index contributed by atoms with van der Waals surface area (Å²) in [5.41, 5.74) is 1.36. The van der Waals surface area contributed by atoms with E-state index in [4.69, 9.17) is 0 Å². The van der Waals surface area contributed by atoms with Gasteiger partial charge in [0, 0.05) is 25.1 Å². The van der Waals surface area contributed by atoms with Crippen molar-refractivity contribution in [2.45, 2.75) is 12.8 Å². The minimum absolute atomic E-state index is 0.0868. The molecule has 3 rings (SSSR count). The Kier molecular flexibility index (Phi) is 6.41. The van der Waals surface area contributed by atoms with Gasteiger partial charge in [-0.25, -0.2) is 4.39 Å². The highest BCUT2D eigenvalue weighted by Crippen LogP contribution is 2.32. The molecule has 2 aromatic rings. The second-order valence-corrected chi connectivity index (χ2v) is 7.61. The van der Waals surface area contributed by atoms with E-state index in [0.29, 0.717) is 12.8 Å². The van der Waals surface area contributed by atoms with Crippen molar-refractivity contribution in [1.82, 2.24) is 10.2 Å². The highest BCUT2D eigenvalue weighted by Gasteiger charge is 2.34. The maximum atomic E-state index is 13.7. The van der Waals surface area contributed by atoms with Gasteiger partial charge < -0.3 is 5.32 Å². The summed E-state index contributed by atoms with van der Waals surface area (Å²) in [4.78, 5) is 37.5. The van der Waals surface area contributed by atoms with Crippen LogP contribution in [0.4, 0.5) is 9.18 Å². The number of hydrogen-bond donors (Lipinski definition) is 1. The van der Waals surface area contributed by atoms with E-state index in [1.807, 2.05) is 16.8 Å². The van der Waals surface area contributed by atoms with Crippen LogP contribution in [0.2, 0.25) is 0 Å². The standard InChI is InChI=1S/C19H17FN2O3S2/c20-15-4-2-1-3-14(15)11-16-18(24)22(19(25)27-16)9-8-21-17(23)6-5-13-7-10-26-12-13/h1-4,7,10-12H,5-6,8-9H2,(H,21,23)/b16-11-. The van der Waals surface area contributed by atoms with Gasteiger partial charge in [-0.2, -0.15) is 11.3 Å². The third-order valence-electron chi connectivity index (χ3n) is 3.94. The number of carbonyl (C=O) groups is 3. The van der Waals surface area contributed by atoms with E-state index in [2.05, 4.69) is 5.32 Å². The lowest BCUT2D eigenvalue weighted by molar-refractivity contribution is -0.124. The first kappa shape index (κ1) is 19.3. The van der Waals surface area contributed by atoms with Crippen LogP contribution in [0.25, 0.3) is 6.08 Å². The fourth-order valence-corrected chi connectivity index (χ4v) is 4.07. The number of aryl methyl sites for hydroxylation is 1. The second kappa shape index (κ2) is 8.96. The average molecular weight is 404 g/mol. The van der Waals surface area contributed by atoms with E-state index in [0.717, 1.165) is 22.2 Å². The molecular formula is C19H17FN2O3S2. The van der Waals surface area contributed by atoms with Crippen molar-refractivity contribution in [2.24, 2.45) is 0 Å². The van der Waals surface area contributed by atoms with Gasteiger partial charge in [-0.05, 0) is 52.7 Å². The highest BCUT2D eigenvalue weighted by atomic mass is 32.2. The SMILES string of the molecule is O=C(CCc1ccsc1)NCCN1C(=O)S/C(=C\c2ccccc2F)C1=O. The van der Waals surface area contributed by atoms with Crippen molar-refractivity contribution in [3.8, 4) is 0 Å². The molecule has 140 valence electrons. The lowest BCUT2D eigenvalue weighted by atomic mass is 10.2. The maximum Gasteiger partial charge on any atom is 0.293 e. The molecule has 1 N–H and O–H groups in total. The minimum atomic E-state index is -0.472. The number of imide groups is 1. The monoisotopic (exact) mass is 404 g/mol. The number of hydrogen-bond acceptors (Lipinski definition) is 5. The molecule has 5 nitrogen and oxygen atoms in total. The molecule has 8 heteroatoms. The Morgan fingerprint density at radius 3 is 2.78 bits per heavy atom. The highest BCUT2D eigenvalue weighted by molar-refractivity contribution is 8.18. The lowest BCUT2D eigenvalue weighted by Gasteiger charge is -2.12. The summed E-state index contributed by atoms with van der Waals surface area (Å²) in [7, 11) is 0. The minimum Gasteiger partial charge on any atom is -0.354 e. The molecule has 2 heterocycles. The van der Waals surface area contributed by atoms with E-state index >= 15 is 0 Å². The number of thioether (sulfide) groups is 1. The van der Waals surface area contributed by atoms with Crippen LogP contribution in [0.1, 0.15) is 17.5 Å². The zero-order chi connectivity index (χ0) is 19.2. The zero-order valence-corrected chi connectivity index (χ0v) is 15.9. The molecule has 0 bridgehead atoms. The first-order chi connectivity index (χ1) is 13.0. The van der Waals surface area contributed by atoms with Crippen molar-refractivity contribution < 1.29 is 18.8 Å². The number of amides is 3. The van der Waals surface area contributed by atoms with Crippen molar-refractivity contribution in [3.63, 3.8) is 0 Å². The fourth-order valence-electron chi connectivity index (χ4n) is 2.51. The zero-order valence-electron chi connectivity index (χ0n) is 14.3. The van der Waals surface area contributed by atoms with Crippen LogP contribution in [0.3, 0.4) is 0 Å². The predicted octanol–water partition coefficient (Wildman–Crippen LogP) is 3.67. The van der Waals surface area contributed by atoms with Gasteiger partial charge in [-0.1, -0.05) is 18.2 Å². The van der Waals surface area contributed by atoms with E-state index in [9.17, 15) is 18.8 Å². The second-order valence-electron chi connectivity index (χ2n) is 5.84. The van der Waals surface area contributed by atoms with Gasteiger partial charge in [0.1, 0.15) is 5.82 Å². The quantitative estimate of drug-likeness (QED) is 0.715. The Morgan fingerprint density at radius 2 is 2.04 bits per heavy atom. The Labute approximate surface area is 164 Å². The van der Waals surface area contributed by atoms with Crippen LogP contribution in [0.5, 0.6) is 0 Å². The molecule has 1 aliphatic heterocycles. The van der Waals surface area contributed by atoms with Crippen molar-refractivity contribution in [3.05, 3.63) is 62.9 Å². The molecule has 1 fully saturated rings. The van der Waals surface area contributed by atoms with E-state index in [1.54, 1.807) is 23.5 Å². The van der Waals surface area contributed by atoms with Crippen molar-refractivity contribution in [1.29, 1.82) is 0 Å².